The number of aromatic carboxylic acids is 1. The van der Waals surface area contributed by atoms with Gasteiger partial charge in [0.05, 0.1) is 17.7 Å². The van der Waals surface area contributed by atoms with E-state index in [-0.39, 0.29) is 30.1 Å². The van der Waals surface area contributed by atoms with Gasteiger partial charge in [-0.05, 0) is 42.5 Å². The number of nitrogens with one attached hydrogen (secondary N) is 2. The second-order valence-electron chi connectivity index (χ2n) is 5.69. The van der Waals surface area contributed by atoms with E-state index < -0.39 is 17.8 Å². The first-order valence-electron chi connectivity index (χ1n) is 8.21. The van der Waals surface area contributed by atoms with Crippen molar-refractivity contribution in [3.8, 4) is 0 Å². The van der Waals surface area contributed by atoms with Gasteiger partial charge in [0.1, 0.15) is 0 Å². The fourth-order valence-electron chi connectivity index (χ4n) is 2.15. The number of amides is 2. The number of carbonyl (C=O) groups excluding carboxylic acids is 2. The van der Waals surface area contributed by atoms with Crippen molar-refractivity contribution in [3.63, 3.8) is 0 Å². The Morgan fingerprint density at radius 2 is 1.50 bits per heavy atom. The minimum atomic E-state index is -1.04. The molecule has 28 heavy (non-hydrogen) atoms. The largest absolute Gasteiger partial charge is 0.481 e. The van der Waals surface area contributed by atoms with Gasteiger partial charge >= 0.3 is 11.9 Å². The molecule has 2 aromatic carbocycles. The molecule has 0 aliphatic heterocycles. The Kier molecular flexibility index (Phi) is 7.58. The molecule has 0 radical (unpaired) electrons. The van der Waals surface area contributed by atoms with Crippen molar-refractivity contribution >= 4 is 46.9 Å². The van der Waals surface area contributed by atoms with Crippen LogP contribution in [0.3, 0.4) is 0 Å². The number of hydrogen-bond acceptors (Lipinski definition) is 5. The lowest BCUT2D eigenvalue weighted by molar-refractivity contribution is -0.138. The number of thioether (sulfide) groups is 1. The number of rotatable bonds is 9. The van der Waals surface area contributed by atoms with Gasteiger partial charge in [-0.1, -0.05) is 6.07 Å². The first-order chi connectivity index (χ1) is 13.3. The third-order valence-electron chi connectivity index (χ3n) is 3.47. The van der Waals surface area contributed by atoms with Crippen molar-refractivity contribution < 1.29 is 29.4 Å². The molecule has 0 fully saturated rings. The standard InChI is InChI=1S/C19H18N2O6S/c22-16(8-9-18(24)25)21-14-2-1-3-15(10-14)28-11-17(23)20-13-6-4-12(5-7-13)19(26)27/h1-7,10H,8-9,11H2,(H,20,23)(H,21,22)(H,24,25)(H,26,27). The Bertz CT molecular complexity index is 882. The number of hydrogen-bond donors (Lipinski definition) is 4. The van der Waals surface area contributed by atoms with Crippen LogP contribution >= 0.6 is 11.8 Å². The van der Waals surface area contributed by atoms with E-state index in [9.17, 15) is 19.2 Å². The molecule has 9 heteroatoms. The summed E-state index contributed by atoms with van der Waals surface area (Å²) < 4.78 is 0. The molecule has 0 saturated heterocycles. The Morgan fingerprint density at radius 3 is 2.14 bits per heavy atom. The molecule has 146 valence electrons. The molecule has 8 nitrogen and oxygen atoms in total. The van der Waals surface area contributed by atoms with Crippen LogP contribution in [0, 0.1) is 0 Å². The van der Waals surface area contributed by atoms with E-state index >= 15 is 0 Å². The average molecular weight is 402 g/mol. The van der Waals surface area contributed by atoms with Crippen LogP contribution in [0.4, 0.5) is 11.4 Å². The molecule has 0 aliphatic rings. The molecule has 0 bridgehead atoms. The zero-order valence-corrected chi connectivity index (χ0v) is 15.5. The van der Waals surface area contributed by atoms with Gasteiger partial charge in [0.2, 0.25) is 11.8 Å². The summed E-state index contributed by atoms with van der Waals surface area (Å²) in [5.74, 6) is -2.61. The van der Waals surface area contributed by atoms with Gasteiger partial charge in [0.25, 0.3) is 0 Å². The monoisotopic (exact) mass is 402 g/mol. The van der Waals surface area contributed by atoms with Crippen LogP contribution in [0.5, 0.6) is 0 Å². The Labute approximate surface area is 165 Å². The fourth-order valence-corrected chi connectivity index (χ4v) is 2.90. The topological polar surface area (TPSA) is 133 Å². The van der Waals surface area contributed by atoms with Crippen molar-refractivity contribution in [2.45, 2.75) is 17.7 Å². The molecule has 4 N–H and O–H groups in total. The molecule has 0 aliphatic carbocycles. The Balaban J connectivity index is 1.84. The summed E-state index contributed by atoms with van der Waals surface area (Å²) in [6, 6.07) is 12.7. The lowest BCUT2D eigenvalue weighted by atomic mass is 10.2. The normalized spacial score (nSPS) is 10.1. The van der Waals surface area contributed by atoms with Gasteiger partial charge in [0.15, 0.2) is 0 Å². The molecule has 0 saturated carbocycles. The lowest BCUT2D eigenvalue weighted by Crippen LogP contribution is -2.14. The van der Waals surface area contributed by atoms with E-state index in [4.69, 9.17) is 10.2 Å². The van der Waals surface area contributed by atoms with Gasteiger partial charge < -0.3 is 20.8 Å². The van der Waals surface area contributed by atoms with E-state index in [1.54, 1.807) is 24.3 Å². The Morgan fingerprint density at radius 1 is 0.821 bits per heavy atom. The van der Waals surface area contributed by atoms with Gasteiger partial charge in [-0.3, -0.25) is 14.4 Å². The third kappa shape index (κ3) is 7.12. The zero-order chi connectivity index (χ0) is 20.5. The molecule has 2 rings (SSSR count). The highest BCUT2D eigenvalue weighted by Crippen LogP contribution is 2.22. The summed E-state index contributed by atoms with van der Waals surface area (Å²) >= 11 is 1.26. The van der Waals surface area contributed by atoms with Crippen molar-refractivity contribution in [2.75, 3.05) is 16.4 Å². The first-order valence-corrected chi connectivity index (χ1v) is 9.20. The highest BCUT2D eigenvalue weighted by molar-refractivity contribution is 8.00. The van der Waals surface area contributed by atoms with Gasteiger partial charge in [-0.2, -0.15) is 0 Å². The fraction of sp³-hybridized carbons (Fsp3) is 0.158. The van der Waals surface area contributed by atoms with Crippen LogP contribution in [-0.4, -0.2) is 39.7 Å². The minimum absolute atomic E-state index is 0.115. The maximum absolute atomic E-state index is 12.0. The van der Waals surface area contributed by atoms with Crippen molar-refractivity contribution in [1.82, 2.24) is 0 Å². The molecule has 0 unspecified atom stereocenters. The summed E-state index contributed by atoms with van der Waals surface area (Å²) in [5, 5.41) is 22.7. The number of carboxylic acids is 2. The van der Waals surface area contributed by atoms with Crippen LogP contribution in [0.1, 0.15) is 23.2 Å². The van der Waals surface area contributed by atoms with Crippen molar-refractivity contribution in [3.05, 3.63) is 54.1 Å². The Hall–Kier alpha value is -3.33. The second-order valence-corrected chi connectivity index (χ2v) is 6.74. The van der Waals surface area contributed by atoms with E-state index in [0.717, 1.165) is 4.90 Å². The molecule has 2 amide bonds. The van der Waals surface area contributed by atoms with E-state index in [2.05, 4.69) is 10.6 Å². The second kappa shape index (κ2) is 10.1. The summed E-state index contributed by atoms with van der Waals surface area (Å²) in [5.41, 5.74) is 1.15. The highest BCUT2D eigenvalue weighted by Gasteiger charge is 2.08. The number of carboxylic acid groups (broad SMARTS) is 2. The molecular weight excluding hydrogens is 384 g/mol. The number of anilines is 2. The first kappa shape index (κ1) is 21.0. The van der Waals surface area contributed by atoms with Crippen LogP contribution in [-0.2, 0) is 14.4 Å². The summed E-state index contributed by atoms with van der Waals surface area (Å²) in [6.45, 7) is 0. The van der Waals surface area contributed by atoms with E-state index in [1.165, 1.54) is 36.0 Å². The van der Waals surface area contributed by atoms with E-state index in [0.29, 0.717) is 11.4 Å². The van der Waals surface area contributed by atoms with Gasteiger partial charge in [-0.25, -0.2) is 4.79 Å². The summed E-state index contributed by atoms with van der Waals surface area (Å²) in [6.07, 6.45) is -0.357. The number of benzene rings is 2. The molecule has 0 aromatic heterocycles. The number of aliphatic carboxylic acids is 1. The molecular formula is C19H18N2O6S. The lowest BCUT2D eigenvalue weighted by Gasteiger charge is -2.08. The predicted molar refractivity (Wildman–Crippen MR) is 105 cm³/mol. The third-order valence-corrected chi connectivity index (χ3v) is 4.46. The SMILES string of the molecule is O=C(O)CCC(=O)Nc1cccc(SCC(=O)Nc2ccc(C(=O)O)cc2)c1. The van der Waals surface area contributed by atoms with Gasteiger partial charge in [-0.15, -0.1) is 11.8 Å². The maximum atomic E-state index is 12.0. The average Bonchev–Trinajstić information content (AvgIpc) is 2.65. The maximum Gasteiger partial charge on any atom is 0.335 e. The molecule has 0 atom stereocenters. The van der Waals surface area contributed by atoms with Crippen molar-refractivity contribution in [1.29, 1.82) is 0 Å². The highest BCUT2D eigenvalue weighted by atomic mass is 32.2. The van der Waals surface area contributed by atoms with Gasteiger partial charge in [0, 0.05) is 22.7 Å². The minimum Gasteiger partial charge on any atom is -0.481 e. The van der Waals surface area contributed by atoms with Crippen LogP contribution in [0.2, 0.25) is 0 Å². The summed E-state index contributed by atoms with van der Waals surface area (Å²) in [7, 11) is 0. The molecule has 0 spiro atoms. The molecule has 0 heterocycles. The van der Waals surface area contributed by atoms with Crippen LogP contribution in [0.15, 0.2) is 53.4 Å². The van der Waals surface area contributed by atoms with Crippen LogP contribution < -0.4 is 10.6 Å². The predicted octanol–water partition coefficient (Wildman–Crippen LogP) is 2.92. The van der Waals surface area contributed by atoms with E-state index in [1.807, 2.05) is 0 Å². The van der Waals surface area contributed by atoms with Crippen LogP contribution in [0.25, 0.3) is 0 Å². The molecule has 2 aromatic rings. The number of carbonyl (C=O) groups is 4. The quantitative estimate of drug-likeness (QED) is 0.474. The van der Waals surface area contributed by atoms with Crippen molar-refractivity contribution in [2.24, 2.45) is 0 Å². The summed E-state index contributed by atoms with van der Waals surface area (Å²) in [4.78, 5) is 45.8. The smallest absolute Gasteiger partial charge is 0.335 e. The zero-order valence-electron chi connectivity index (χ0n) is 14.7.